The van der Waals surface area contributed by atoms with Crippen LogP contribution < -0.4 is 5.73 Å². The van der Waals surface area contributed by atoms with Crippen LogP contribution in [0.1, 0.15) is 11.3 Å². The zero-order chi connectivity index (χ0) is 12.0. The molecule has 0 aliphatic rings. The lowest BCUT2D eigenvalue weighted by molar-refractivity contribution is 1.02. The maximum atomic E-state index is 6.05. The maximum absolute atomic E-state index is 6.05. The third-order valence-electron chi connectivity index (χ3n) is 2.98. The smallest absolute Gasteiger partial charge is 0.137 e. The molecule has 1 aromatic carbocycles. The second kappa shape index (κ2) is 3.72. The first-order valence-electron chi connectivity index (χ1n) is 5.46. The number of benzene rings is 1. The molecule has 2 aromatic heterocycles. The molecule has 2 heterocycles. The number of hydrogen-bond donors (Lipinski definition) is 1. The summed E-state index contributed by atoms with van der Waals surface area (Å²) >= 11 is 6.05. The fourth-order valence-electron chi connectivity index (χ4n) is 2.15. The molecule has 3 nitrogen and oxygen atoms in total. The summed E-state index contributed by atoms with van der Waals surface area (Å²) < 4.78 is 2.04. The van der Waals surface area contributed by atoms with E-state index in [0.717, 1.165) is 21.9 Å². The third-order valence-corrected chi connectivity index (χ3v) is 3.22. The monoisotopic (exact) mass is 245 g/mol. The van der Waals surface area contributed by atoms with Crippen LogP contribution in [0.25, 0.3) is 16.6 Å². The van der Waals surface area contributed by atoms with Crippen molar-refractivity contribution in [2.75, 3.05) is 0 Å². The van der Waals surface area contributed by atoms with Gasteiger partial charge in [0.1, 0.15) is 5.65 Å². The second-order valence-corrected chi connectivity index (χ2v) is 4.59. The fraction of sp³-hybridized carbons (Fsp3) is 0.154. The quantitative estimate of drug-likeness (QED) is 0.716. The van der Waals surface area contributed by atoms with Crippen LogP contribution in [0.3, 0.4) is 0 Å². The standard InChI is InChI=1S/C13H12ClN3/c1-8-4-13-16-10(6-15)7-17(13)12-5-9(14)2-3-11(8)12/h2-5,7H,6,15H2,1H3. The van der Waals surface area contributed by atoms with Gasteiger partial charge in [-0.2, -0.15) is 0 Å². The van der Waals surface area contributed by atoms with Crippen LogP contribution in [-0.4, -0.2) is 9.38 Å². The summed E-state index contributed by atoms with van der Waals surface area (Å²) in [4.78, 5) is 4.47. The normalized spacial score (nSPS) is 11.5. The summed E-state index contributed by atoms with van der Waals surface area (Å²) in [6, 6.07) is 7.96. The highest BCUT2D eigenvalue weighted by Gasteiger charge is 2.07. The van der Waals surface area contributed by atoms with Crippen molar-refractivity contribution in [3.63, 3.8) is 0 Å². The van der Waals surface area contributed by atoms with Crippen LogP contribution in [0, 0.1) is 6.92 Å². The zero-order valence-corrected chi connectivity index (χ0v) is 10.2. The van der Waals surface area contributed by atoms with Crippen LogP contribution >= 0.6 is 11.6 Å². The van der Waals surface area contributed by atoms with Gasteiger partial charge in [-0.05, 0) is 30.7 Å². The molecule has 0 radical (unpaired) electrons. The molecule has 4 heteroatoms. The first-order valence-corrected chi connectivity index (χ1v) is 5.84. The van der Waals surface area contributed by atoms with Crippen LogP contribution in [-0.2, 0) is 6.54 Å². The van der Waals surface area contributed by atoms with Gasteiger partial charge in [-0.3, -0.25) is 4.40 Å². The van der Waals surface area contributed by atoms with Gasteiger partial charge in [-0.25, -0.2) is 4.98 Å². The van der Waals surface area contributed by atoms with E-state index in [1.807, 2.05) is 28.8 Å². The number of halogens is 1. The number of pyridine rings is 1. The van der Waals surface area contributed by atoms with Gasteiger partial charge < -0.3 is 5.73 Å². The van der Waals surface area contributed by atoms with E-state index in [0.29, 0.717) is 6.54 Å². The van der Waals surface area contributed by atoms with E-state index in [9.17, 15) is 0 Å². The molecule has 0 saturated carbocycles. The van der Waals surface area contributed by atoms with Crippen molar-refractivity contribution in [1.29, 1.82) is 0 Å². The third kappa shape index (κ3) is 1.59. The Labute approximate surface area is 104 Å². The van der Waals surface area contributed by atoms with Crippen LogP contribution in [0.5, 0.6) is 0 Å². The molecular formula is C13H12ClN3. The summed E-state index contributed by atoms with van der Waals surface area (Å²) in [5.41, 5.74) is 9.69. The SMILES string of the molecule is Cc1cc2nc(CN)cn2c2cc(Cl)ccc12. The highest BCUT2D eigenvalue weighted by Crippen LogP contribution is 2.24. The molecule has 2 N–H and O–H groups in total. The lowest BCUT2D eigenvalue weighted by Gasteiger charge is -2.05. The largest absolute Gasteiger partial charge is 0.325 e. The molecule has 0 spiro atoms. The van der Waals surface area contributed by atoms with Crippen molar-refractivity contribution in [2.24, 2.45) is 5.73 Å². The van der Waals surface area contributed by atoms with Gasteiger partial charge in [0, 0.05) is 23.2 Å². The van der Waals surface area contributed by atoms with Crippen molar-refractivity contribution >= 4 is 28.2 Å². The number of aryl methyl sites for hydroxylation is 1. The number of nitrogens with zero attached hydrogens (tertiary/aromatic N) is 2. The van der Waals surface area contributed by atoms with Crippen molar-refractivity contribution in [2.45, 2.75) is 13.5 Å². The van der Waals surface area contributed by atoms with Gasteiger partial charge in [0.05, 0.1) is 11.2 Å². The van der Waals surface area contributed by atoms with E-state index in [1.165, 1.54) is 10.9 Å². The topological polar surface area (TPSA) is 43.3 Å². The fourth-order valence-corrected chi connectivity index (χ4v) is 2.31. The second-order valence-electron chi connectivity index (χ2n) is 4.15. The van der Waals surface area contributed by atoms with E-state index in [-0.39, 0.29) is 0 Å². The molecule has 0 saturated heterocycles. The Morgan fingerprint density at radius 3 is 2.94 bits per heavy atom. The van der Waals surface area contributed by atoms with Gasteiger partial charge >= 0.3 is 0 Å². The van der Waals surface area contributed by atoms with Crippen molar-refractivity contribution in [3.05, 3.63) is 46.7 Å². The highest BCUT2D eigenvalue weighted by atomic mass is 35.5. The first-order chi connectivity index (χ1) is 8.19. The number of nitrogens with two attached hydrogens (primary N) is 1. The van der Waals surface area contributed by atoms with Crippen LogP contribution in [0.4, 0.5) is 0 Å². The summed E-state index contributed by atoms with van der Waals surface area (Å²) in [6.07, 6.45) is 1.97. The number of fused-ring (bicyclic) bond motifs is 3. The molecule has 0 aliphatic heterocycles. The van der Waals surface area contributed by atoms with Gasteiger partial charge in [0.25, 0.3) is 0 Å². The van der Waals surface area contributed by atoms with E-state index < -0.39 is 0 Å². The molecule has 3 aromatic rings. The molecular weight excluding hydrogens is 234 g/mol. The Morgan fingerprint density at radius 2 is 2.18 bits per heavy atom. The number of rotatable bonds is 1. The van der Waals surface area contributed by atoms with E-state index in [2.05, 4.69) is 18.0 Å². The lowest BCUT2D eigenvalue weighted by Crippen LogP contribution is -1.95. The minimum Gasteiger partial charge on any atom is -0.325 e. The van der Waals surface area contributed by atoms with E-state index in [1.54, 1.807) is 0 Å². The summed E-state index contributed by atoms with van der Waals surface area (Å²) in [5.74, 6) is 0. The molecule has 0 atom stereocenters. The molecule has 17 heavy (non-hydrogen) atoms. The van der Waals surface area contributed by atoms with E-state index >= 15 is 0 Å². The first kappa shape index (κ1) is 10.6. The average molecular weight is 246 g/mol. The Bertz CT molecular complexity index is 715. The molecule has 0 fully saturated rings. The van der Waals surface area contributed by atoms with Gasteiger partial charge in [-0.1, -0.05) is 17.7 Å². The Morgan fingerprint density at radius 1 is 1.35 bits per heavy atom. The van der Waals surface area contributed by atoms with Gasteiger partial charge in [0.15, 0.2) is 0 Å². The van der Waals surface area contributed by atoms with Crippen molar-refractivity contribution in [1.82, 2.24) is 9.38 Å². The molecule has 86 valence electrons. The summed E-state index contributed by atoms with van der Waals surface area (Å²) in [6.45, 7) is 2.52. The molecule has 0 amide bonds. The zero-order valence-electron chi connectivity index (χ0n) is 9.44. The maximum Gasteiger partial charge on any atom is 0.137 e. The molecule has 0 aliphatic carbocycles. The number of hydrogen-bond acceptors (Lipinski definition) is 2. The predicted octanol–water partition coefficient (Wildman–Crippen LogP) is 2.91. The summed E-state index contributed by atoms with van der Waals surface area (Å²) in [7, 11) is 0. The summed E-state index contributed by atoms with van der Waals surface area (Å²) in [5, 5.41) is 1.91. The van der Waals surface area contributed by atoms with Crippen LogP contribution in [0.2, 0.25) is 5.02 Å². The number of aromatic nitrogens is 2. The Kier molecular flexibility index (Phi) is 2.31. The minimum atomic E-state index is 0.447. The van der Waals surface area contributed by atoms with Crippen molar-refractivity contribution in [3.8, 4) is 0 Å². The van der Waals surface area contributed by atoms with Gasteiger partial charge in [0.2, 0.25) is 0 Å². The Hall–Kier alpha value is -1.58. The molecule has 0 bridgehead atoms. The number of imidazole rings is 1. The minimum absolute atomic E-state index is 0.447. The molecule has 3 rings (SSSR count). The predicted molar refractivity (Wildman–Crippen MR) is 70.3 cm³/mol. The lowest BCUT2D eigenvalue weighted by atomic mass is 10.1. The highest BCUT2D eigenvalue weighted by molar-refractivity contribution is 6.31. The van der Waals surface area contributed by atoms with E-state index in [4.69, 9.17) is 17.3 Å². The van der Waals surface area contributed by atoms with Crippen molar-refractivity contribution < 1.29 is 0 Å². The van der Waals surface area contributed by atoms with Gasteiger partial charge in [-0.15, -0.1) is 0 Å². The van der Waals surface area contributed by atoms with Crippen LogP contribution in [0.15, 0.2) is 30.5 Å². The average Bonchev–Trinajstić information content (AvgIpc) is 2.72. The molecule has 0 unspecified atom stereocenters. The Balaban J connectivity index is 2.51.